The van der Waals surface area contributed by atoms with E-state index in [0.29, 0.717) is 50.9 Å². The summed E-state index contributed by atoms with van der Waals surface area (Å²) in [5, 5.41) is 4.01. The van der Waals surface area contributed by atoms with Crippen LogP contribution in [0.5, 0.6) is 0 Å². The number of para-hydroxylation sites is 1. The Morgan fingerprint density at radius 1 is 1.26 bits per heavy atom. The van der Waals surface area contributed by atoms with Crippen LogP contribution in [0.4, 0.5) is 0 Å². The molecule has 1 aromatic heterocycles. The van der Waals surface area contributed by atoms with Gasteiger partial charge in [0.15, 0.2) is 0 Å². The predicted octanol–water partition coefficient (Wildman–Crippen LogP) is 2.95. The molecular formula is C21H29N3O3. The van der Waals surface area contributed by atoms with Gasteiger partial charge in [-0.3, -0.25) is 9.59 Å². The molecule has 2 aromatic rings. The molecule has 0 unspecified atom stereocenters. The number of aromatic amines is 1. The van der Waals surface area contributed by atoms with Crippen LogP contribution in [0.1, 0.15) is 43.1 Å². The Labute approximate surface area is 160 Å². The van der Waals surface area contributed by atoms with E-state index >= 15 is 0 Å². The van der Waals surface area contributed by atoms with Crippen molar-refractivity contribution in [1.82, 2.24) is 15.2 Å². The van der Waals surface area contributed by atoms with E-state index in [1.165, 1.54) is 0 Å². The van der Waals surface area contributed by atoms with Gasteiger partial charge >= 0.3 is 0 Å². The smallest absolute Gasteiger partial charge is 0.270 e. The van der Waals surface area contributed by atoms with Crippen LogP contribution in [0.25, 0.3) is 10.9 Å². The predicted molar refractivity (Wildman–Crippen MR) is 106 cm³/mol. The van der Waals surface area contributed by atoms with E-state index in [4.69, 9.17) is 4.74 Å². The van der Waals surface area contributed by atoms with Crippen LogP contribution < -0.4 is 5.32 Å². The van der Waals surface area contributed by atoms with Gasteiger partial charge in [-0.1, -0.05) is 18.2 Å². The number of hydrogen-bond acceptors (Lipinski definition) is 3. The molecule has 0 atom stereocenters. The third kappa shape index (κ3) is 5.32. The molecule has 0 aliphatic carbocycles. The SMILES string of the molecule is CCOCCCNC(=O)CC1CCN(C(=O)c2cc3ccccc3[nH]2)CC1. The van der Waals surface area contributed by atoms with E-state index in [2.05, 4.69) is 10.3 Å². The first-order chi connectivity index (χ1) is 13.2. The maximum atomic E-state index is 12.7. The number of likely N-dealkylation sites (tertiary alicyclic amines) is 1. The van der Waals surface area contributed by atoms with Crippen LogP contribution in [-0.4, -0.2) is 54.5 Å². The normalized spacial score (nSPS) is 15.2. The minimum atomic E-state index is 0.0463. The van der Waals surface area contributed by atoms with Crippen molar-refractivity contribution in [2.75, 3.05) is 32.8 Å². The molecular weight excluding hydrogens is 342 g/mol. The number of fused-ring (bicyclic) bond motifs is 1. The topological polar surface area (TPSA) is 74.4 Å². The maximum absolute atomic E-state index is 12.7. The van der Waals surface area contributed by atoms with Crippen LogP contribution in [-0.2, 0) is 9.53 Å². The Balaban J connectivity index is 1.41. The highest BCUT2D eigenvalue weighted by Crippen LogP contribution is 2.23. The lowest BCUT2D eigenvalue weighted by Crippen LogP contribution is -2.40. The van der Waals surface area contributed by atoms with Crippen molar-refractivity contribution in [3.05, 3.63) is 36.0 Å². The van der Waals surface area contributed by atoms with Crippen molar-refractivity contribution in [3.63, 3.8) is 0 Å². The van der Waals surface area contributed by atoms with Gasteiger partial charge < -0.3 is 19.9 Å². The van der Waals surface area contributed by atoms with Gasteiger partial charge in [0, 0.05) is 50.2 Å². The van der Waals surface area contributed by atoms with Gasteiger partial charge in [0.2, 0.25) is 5.91 Å². The summed E-state index contributed by atoms with van der Waals surface area (Å²) in [5.41, 5.74) is 1.62. The zero-order valence-electron chi connectivity index (χ0n) is 16.0. The summed E-state index contributed by atoms with van der Waals surface area (Å²) in [7, 11) is 0. The van der Waals surface area contributed by atoms with Gasteiger partial charge in [0.25, 0.3) is 5.91 Å². The standard InChI is InChI=1S/C21H29N3O3/c1-2-27-13-5-10-22-20(25)14-16-8-11-24(12-9-16)21(26)19-15-17-6-3-4-7-18(17)23-19/h3-4,6-7,15-16,23H,2,5,8-14H2,1H3,(H,22,25). The van der Waals surface area contributed by atoms with E-state index in [-0.39, 0.29) is 11.8 Å². The van der Waals surface area contributed by atoms with Gasteiger partial charge in [0.1, 0.15) is 5.69 Å². The first-order valence-corrected chi connectivity index (χ1v) is 9.89. The Bertz CT molecular complexity index is 730. The van der Waals surface area contributed by atoms with Crippen molar-refractivity contribution in [1.29, 1.82) is 0 Å². The Kier molecular flexibility index (Phi) is 6.87. The maximum Gasteiger partial charge on any atom is 0.270 e. The molecule has 1 aliphatic heterocycles. The molecule has 2 heterocycles. The highest BCUT2D eigenvalue weighted by molar-refractivity contribution is 5.98. The minimum Gasteiger partial charge on any atom is -0.382 e. The molecule has 1 saturated heterocycles. The van der Waals surface area contributed by atoms with Gasteiger partial charge in [-0.05, 0) is 44.2 Å². The Morgan fingerprint density at radius 3 is 2.78 bits per heavy atom. The summed E-state index contributed by atoms with van der Waals surface area (Å²) < 4.78 is 5.26. The number of rotatable bonds is 8. The number of carbonyl (C=O) groups excluding carboxylic acids is 2. The van der Waals surface area contributed by atoms with Gasteiger partial charge in [-0.15, -0.1) is 0 Å². The molecule has 6 nitrogen and oxygen atoms in total. The molecule has 1 fully saturated rings. The fourth-order valence-corrected chi connectivity index (χ4v) is 3.58. The zero-order chi connectivity index (χ0) is 19.1. The molecule has 146 valence electrons. The third-order valence-electron chi connectivity index (χ3n) is 5.13. The largest absolute Gasteiger partial charge is 0.382 e. The summed E-state index contributed by atoms with van der Waals surface area (Å²) in [6, 6.07) is 9.82. The number of amides is 2. The molecule has 2 amide bonds. The van der Waals surface area contributed by atoms with Crippen LogP contribution in [0.15, 0.2) is 30.3 Å². The molecule has 2 N–H and O–H groups in total. The second-order valence-corrected chi connectivity index (χ2v) is 7.11. The number of piperidine rings is 1. The average molecular weight is 371 g/mol. The molecule has 0 saturated carbocycles. The van der Waals surface area contributed by atoms with E-state index in [1.54, 1.807) is 0 Å². The molecule has 1 aromatic carbocycles. The summed E-state index contributed by atoms with van der Waals surface area (Å²) in [4.78, 5) is 29.9. The van der Waals surface area contributed by atoms with Crippen molar-refractivity contribution in [3.8, 4) is 0 Å². The van der Waals surface area contributed by atoms with Crippen LogP contribution in [0.3, 0.4) is 0 Å². The number of nitrogens with zero attached hydrogens (tertiary/aromatic N) is 1. The summed E-state index contributed by atoms with van der Waals surface area (Å²) in [5.74, 6) is 0.501. The molecule has 1 aliphatic rings. The third-order valence-corrected chi connectivity index (χ3v) is 5.13. The molecule has 0 bridgehead atoms. The number of H-pyrrole nitrogens is 1. The molecule has 6 heteroatoms. The van der Waals surface area contributed by atoms with E-state index in [1.807, 2.05) is 42.2 Å². The van der Waals surface area contributed by atoms with Crippen molar-refractivity contribution >= 4 is 22.7 Å². The Morgan fingerprint density at radius 2 is 2.04 bits per heavy atom. The van der Waals surface area contributed by atoms with Crippen molar-refractivity contribution in [2.24, 2.45) is 5.92 Å². The number of hydrogen-bond donors (Lipinski definition) is 2. The first kappa shape index (κ1) is 19.4. The minimum absolute atomic E-state index is 0.0463. The molecule has 3 rings (SSSR count). The van der Waals surface area contributed by atoms with E-state index < -0.39 is 0 Å². The van der Waals surface area contributed by atoms with Crippen molar-refractivity contribution < 1.29 is 14.3 Å². The first-order valence-electron chi connectivity index (χ1n) is 9.89. The van der Waals surface area contributed by atoms with Crippen LogP contribution in [0, 0.1) is 5.92 Å². The number of ether oxygens (including phenoxy) is 1. The number of nitrogens with one attached hydrogen (secondary N) is 2. The van der Waals surface area contributed by atoms with Crippen LogP contribution >= 0.6 is 0 Å². The Hall–Kier alpha value is -2.34. The summed E-state index contributed by atoms with van der Waals surface area (Å²) in [6.07, 6.45) is 3.14. The highest BCUT2D eigenvalue weighted by atomic mass is 16.5. The lowest BCUT2D eigenvalue weighted by Gasteiger charge is -2.31. The fraction of sp³-hybridized carbons (Fsp3) is 0.524. The fourth-order valence-electron chi connectivity index (χ4n) is 3.58. The number of aromatic nitrogens is 1. The van der Waals surface area contributed by atoms with Gasteiger partial charge in [0.05, 0.1) is 0 Å². The van der Waals surface area contributed by atoms with E-state index in [0.717, 1.165) is 30.2 Å². The highest BCUT2D eigenvalue weighted by Gasteiger charge is 2.25. The summed E-state index contributed by atoms with van der Waals surface area (Å²) in [6.45, 7) is 5.44. The lowest BCUT2D eigenvalue weighted by atomic mass is 9.93. The molecule has 27 heavy (non-hydrogen) atoms. The quantitative estimate of drug-likeness (QED) is 0.701. The summed E-state index contributed by atoms with van der Waals surface area (Å²) >= 11 is 0. The van der Waals surface area contributed by atoms with Crippen LogP contribution in [0.2, 0.25) is 0 Å². The second kappa shape index (κ2) is 9.55. The number of carbonyl (C=O) groups is 2. The zero-order valence-corrected chi connectivity index (χ0v) is 16.0. The second-order valence-electron chi connectivity index (χ2n) is 7.11. The average Bonchev–Trinajstić information content (AvgIpc) is 3.12. The molecule has 0 spiro atoms. The van der Waals surface area contributed by atoms with Gasteiger partial charge in [-0.2, -0.15) is 0 Å². The molecule has 0 radical (unpaired) electrons. The monoisotopic (exact) mass is 371 g/mol. The van der Waals surface area contributed by atoms with Gasteiger partial charge in [-0.25, -0.2) is 0 Å². The lowest BCUT2D eigenvalue weighted by molar-refractivity contribution is -0.122. The van der Waals surface area contributed by atoms with E-state index in [9.17, 15) is 9.59 Å². The van der Waals surface area contributed by atoms with Crippen molar-refractivity contribution in [2.45, 2.75) is 32.6 Å². The number of benzene rings is 1.